The van der Waals surface area contributed by atoms with Gasteiger partial charge in [-0.05, 0) is 18.2 Å². The first-order chi connectivity index (χ1) is 11.9. The van der Waals surface area contributed by atoms with Crippen molar-refractivity contribution in [3.05, 3.63) is 28.2 Å². The van der Waals surface area contributed by atoms with Crippen molar-refractivity contribution in [2.45, 2.75) is 4.90 Å². The molecule has 8 nitrogen and oxygen atoms in total. The van der Waals surface area contributed by atoms with E-state index in [1.165, 1.54) is 34.5 Å². The van der Waals surface area contributed by atoms with Crippen molar-refractivity contribution in [3.63, 3.8) is 0 Å². The Kier molecular flexibility index (Phi) is 6.57. The largest absolute Gasteiger partial charge is 0.339 e. The maximum Gasteiger partial charge on any atom is 0.243 e. The maximum absolute atomic E-state index is 12.7. The second-order valence-corrected chi connectivity index (χ2v) is 10.7. The molecular formula is C14H19Cl2N3O5S2. The molecule has 26 heavy (non-hydrogen) atoms. The zero-order chi connectivity index (χ0) is 19.7. The number of hydrogen-bond acceptors (Lipinski definition) is 5. The monoisotopic (exact) mass is 443 g/mol. The fraction of sp³-hybridized carbons (Fsp3) is 0.500. The molecule has 1 fully saturated rings. The van der Waals surface area contributed by atoms with Gasteiger partial charge in [-0.25, -0.2) is 16.8 Å². The third kappa shape index (κ3) is 4.87. The van der Waals surface area contributed by atoms with E-state index in [-0.39, 0.29) is 53.6 Å². The topological polar surface area (TPSA) is 95.1 Å². The summed E-state index contributed by atoms with van der Waals surface area (Å²) in [4.78, 5) is 13.7. The van der Waals surface area contributed by atoms with Crippen LogP contribution in [0.2, 0.25) is 10.0 Å². The van der Waals surface area contributed by atoms with Crippen LogP contribution in [0.5, 0.6) is 0 Å². The Bertz CT molecular complexity index is 897. The van der Waals surface area contributed by atoms with Crippen molar-refractivity contribution in [1.29, 1.82) is 0 Å². The van der Waals surface area contributed by atoms with Crippen LogP contribution in [0, 0.1) is 0 Å². The van der Waals surface area contributed by atoms with Crippen LogP contribution in [0.1, 0.15) is 0 Å². The average molecular weight is 444 g/mol. The molecular weight excluding hydrogens is 425 g/mol. The van der Waals surface area contributed by atoms with Crippen molar-refractivity contribution >= 4 is 49.2 Å². The van der Waals surface area contributed by atoms with Gasteiger partial charge in [0.05, 0.1) is 27.7 Å². The third-order valence-corrected chi connectivity index (χ3v) is 7.94. The summed E-state index contributed by atoms with van der Waals surface area (Å²) < 4.78 is 50.3. The molecule has 0 aromatic heterocycles. The molecule has 0 N–H and O–H groups in total. The lowest BCUT2D eigenvalue weighted by Crippen LogP contribution is -2.52. The normalized spacial score (nSPS) is 16.9. The summed E-state index contributed by atoms with van der Waals surface area (Å²) in [5, 5.41) is 0.404. The number of piperazine rings is 1. The molecule has 1 heterocycles. The second-order valence-electron chi connectivity index (χ2n) is 5.88. The van der Waals surface area contributed by atoms with Gasteiger partial charge < -0.3 is 4.90 Å². The van der Waals surface area contributed by atoms with E-state index in [0.29, 0.717) is 0 Å². The summed E-state index contributed by atoms with van der Waals surface area (Å²) in [6.45, 7) is 0.292. The highest BCUT2D eigenvalue weighted by Gasteiger charge is 2.31. The van der Waals surface area contributed by atoms with E-state index in [1.54, 1.807) is 0 Å². The zero-order valence-electron chi connectivity index (χ0n) is 14.2. The summed E-state index contributed by atoms with van der Waals surface area (Å²) in [7, 11) is -5.89. The Morgan fingerprint density at radius 2 is 1.65 bits per heavy atom. The van der Waals surface area contributed by atoms with Crippen LogP contribution in [0.15, 0.2) is 23.1 Å². The van der Waals surface area contributed by atoms with Crippen LogP contribution in [0.4, 0.5) is 0 Å². The average Bonchev–Trinajstić information content (AvgIpc) is 2.56. The molecule has 0 radical (unpaired) electrons. The number of amides is 1. The number of halogens is 2. The first-order valence-electron chi connectivity index (χ1n) is 7.57. The first-order valence-corrected chi connectivity index (χ1v) is 11.6. The number of benzene rings is 1. The smallest absolute Gasteiger partial charge is 0.243 e. The second kappa shape index (κ2) is 7.99. The van der Waals surface area contributed by atoms with E-state index < -0.39 is 20.0 Å². The van der Waals surface area contributed by atoms with Crippen LogP contribution in [-0.2, 0) is 24.8 Å². The fourth-order valence-electron chi connectivity index (χ4n) is 2.37. The van der Waals surface area contributed by atoms with Crippen molar-refractivity contribution in [3.8, 4) is 0 Å². The predicted molar refractivity (Wildman–Crippen MR) is 99.3 cm³/mol. The molecule has 12 heteroatoms. The lowest BCUT2D eigenvalue weighted by atomic mass is 10.3. The Hall–Kier alpha value is -0.910. The Balaban J connectivity index is 2.03. The number of likely N-dealkylation sites (N-methyl/N-ethyl adjacent to an activating group) is 1. The summed E-state index contributed by atoms with van der Waals surface area (Å²) in [5.41, 5.74) is 0. The summed E-state index contributed by atoms with van der Waals surface area (Å²) >= 11 is 11.7. The highest BCUT2D eigenvalue weighted by Crippen LogP contribution is 2.27. The van der Waals surface area contributed by atoms with E-state index in [1.807, 2.05) is 0 Å². The molecule has 146 valence electrons. The highest BCUT2D eigenvalue weighted by molar-refractivity contribution is 7.89. The zero-order valence-corrected chi connectivity index (χ0v) is 17.4. The standard InChI is InChI=1S/C14H19Cl2N3O5S2/c1-17(25(2,21)22)10-14(20)18-5-7-19(8-6-18)26(23,24)11-3-4-12(15)13(16)9-11/h3-4,9H,5-8,10H2,1-2H3. The minimum Gasteiger partial charge on any atom is -0.339 e. The van der Waals surface area contributed by atoms with Gasteiger partial charge in [0.15, 0.2) is 0 Å². The minimum absolute atomic E-state index is 0.0310. The molecule has 0 saturated carbocycles. The predicted octanol–water partition coefficient (Wildman–Crippen LogP) is 0.718. The van der Waals surface area contributed by atoms with E-state index >= 15 is 0 Å². The van der Waals surface area contributed by atoms with Gasteiger partial charge in [-0.3, -0.25) is 4.79 Å². The lowest BCUT2D eigenvalue weighted by molar-refractivity contribution is -0.132. The molecule has 0 atom stereocenters. The number of nitrogens with zero attached hydrogens (tertiary/aromatic N) is 3. The summed E-state index contributed by atoms with van der Waals surface area (Å²) in [6.07, 6.45) is 1.02. The Labute approximate surface area is 163 Å². The first kappa shape index (κ1) is 21.4. The quantitative estimate of drug-likeness (QED) is 0.667. The van der Waals surface area contributed by atoms with Gasteiger partial charge in [-0.1, -0.05) is 23.2 Å². The maximum atomic E-state index is 12.7. The number of hydrogen-bond donors (Lipinski definition) is 0. The van der Waals surface area contributed by atoms with E-state index in [4.69, 9.17) is 23.2 Å². The van der Waals surface area contributed by atoms with Crippen LogP contribution >= 0.6 is 23.2 Å². The van der Waals surface area contributed by atoms with Crippen molar-refractivity contribution < 1.29 is 21.6 Å². The van der Waals surface area contributed by atoms with Gasteiger partial charge in [0.2, 0.25) is 26.0 Å². The van der Waals surface area contributed by atoms with Crippen LogP contribution < -0.4 is 0 Å². The molecule has 2 rings (SSSR count). The van der Waals surface area contributed by atoms with Gasteiger partial charge in [0.25, 0.3) is 0 Å². The van der Waals surface area contributed by atoms with Crippen LogP contribution in [0.3, 0.4) is 0 Å². The number of rotatable bonds is 5. The van der Waals surface area contributed by atoms with E-state index in [0.717, 1.165) is 10.6 Å². The molecule has 1 aliphatic heterocycles. The SMILES string of the molecule is CN(CC(=O)N1CCN(S(=O)(=O)c2ccc(Cl)c(Cl)c2)CC1)S(C)(=O)=O. The molecule has 1 aliphatic rings. The molecule has 0 bridgehead atoms. The summed E-state index contributed by atoms with van der Waals surface area (Å²) in [6, 6.07) is 4.08. The van der Waals surface area contributed by atoms with E-state index in [9.17, 15) is 21.6 Å². The molecule has 1 aromatic rings. The molecule has 0 unspecified atom stereocenters. The Morgan fingerprint density at radius 3 is 2.15 bits per heavy atom. The molecule has 1 aromatic carbocycles. The minimum atomic E-state index is -3.75. The molecule has 1 amide bonds. The third-order valence-electron chi connectivity index (χ3n) is 4.04. The van der Waals surface area contributed by atoms with Crippen LogP contribution in [0.25, 0.3) is 0 Å². The van der Waals surface area contributed by atoms with Gasteiger partial charge in [-0.15, -0.1) is 0 Å². The highest BCUT2D eigenvalue weighted by atomic mass is 35.5. The number of carbonyl (C=O) groups excluding carboxylic acids is 1. The molecule has 0 aliphatic carbocycles. The number of sulfonamides is 2. The molecule has 0 spiro atoms. The van der Waals surface area contributed by atoms with Gasteiger partial charge in [-0.2, -0.15) is 8.61 Å². The van der Waals surface area contributed by atoms with Crippen LogP contribution in [-0.4, -0.2) is 82.3 Å². The number of carbonyl (C=O) groups is 1. The van der Waals surface area contributed by atoms with Crippen molar-refractivity contribution in [2.24, 2.45) is 0 Å². The van der Waals surface area contributed by atoms with E-state index in [2.05, 4.69) is 0 Å². The molecule has 1 saturated heterocycles. The summed E-state index contributed by atoms with van der Waals surface area (Å²) in [5.74, 6) is -0.371. The van der Waals surface area contributed by atoms with Gasteiger partial charge in [0.1, 0.15) is 0 Å². The Morgan fingerprint density at radius 1 is 1.08 bits per heavy atom. The van der Waals surface area contributed by atoms with Crippen molar-refractivity contribution in [1.82, 2.24) is 13.5 Å². The van der Waals surface area contributed by atoms with Gasteiger partial charge in [0, 0.05) is 33.2 Å². The van der Waals surface area contributed by atoms with Gasteiger partial charge >= 0.3 is 0 Å². The fourth-order valence-corrected chi connectivity index (χ4v) is 4.53. The lowest BCUT2D eigenvalue weighted by Gasteiger charge is -2.34. The van der Waals surface area contributed by atoms with Crippen molar-refractivity contribution in [2.75, 3.05) is 46.0 Å².